The second-order valence-electron chi connectivity index (χ2n) is 0. The summed E-state index contributed by atoms with van der Waals surface area (Å²) < 4.78 is 8.34. The Morgan fingerprint density at radius 1 is 1.20 bits per heavy atom. The van der Waals surface area contributed by atoms with Crippen LogP contribution in [0.3, 0.4) is 0 Å². The fourth-order valence-electron chi connectivity index (χ4n) is 0. The van der Waals surface area contributed by atoms with Crippen LogP contribution in [0.2, 0.25) is 0 Å². The number of rotatable bonds is 0. The molecule has 0 saturated heterocycles. The Morgan fingerprint density at radius 2 is 1.20 bits per heavy atom. The van der Waals surface area contributed by atoms with Crippen LogP contribution >= 0.6 is 0 Å². The van der Waals surface area contributed by atoms with Gasteiger partial charge in [0.15, 0.2) is 0 Å². The zero-order chi connectivity index (χ0) is 2.00. The van der Waals surface area contributed by atoms with Crippen LogP contribution in [0.15, 0.2) is 0 Å². The van der Waals surface area contributed by atoms with Crippen molar-refractivity contribution in [1.29, 1.82) is 0 Å². The van der Waals surface area contributed by atoms with Crippen molar-refractivity contribution < 1.29 is 63.1 Å². The van der Waals surface area contributed by atoms with Crippen LogP contribution in [0.4, 0.5) is 0 Å². The number of hydrogen-bond donors (Lipinski definition) is 0. The first-order chi connectivity index (χ1) is 1.00. The maximum atomic E-state index is 8.34. The predicted octanol–water partition coefficient (Wildman–Crippen LogP) is -0.134. The van der Waals surface area contributed by atoms with E-state index in [1.165, 1.54) is 0 Å². The molecule has 0 rings (SSSR count). The van der Waals surface area contributed by atoms with Crippen LogP contribution in [0.1, 0.15) is 7.43 Å². The SMILES string of the molecule is C.[La].[LiH].[O]=[Zr]. The molecule has 0 saturated carbocycles. The molecule has 0 aliphatic rings. The molecular formula is CH5LaLiOZr. The van der Waals surface area contributed by atoms with Crippen LogP contribution in [0, 0.1) is 35.6 Å². The van der Waals surface area contributed by atoms with Crippen LogP contribution in [-0.2, 0) is 27.5 Å². The van der Waals surface area contributed by atoms with Gasteiger partial charge in [-0.15, -0.1) is 0 Å². The average Bonchev–Trinajstić information content (AvgIpc) is 1.00. The van der Waals surface area contributed by atoms with Crippen molar-refractivity contribution >= 4 is 18.9 Å². The van der Waals surface area contributed by atoms with Gasteiger partial charge < -0.3 is 0 Å². The van der Waals surface area contributed by atoms with Crippen molar-refractivity contribution in [2.45, 2.75) is 7.43 Å². The molecule has 23 valence electrons. The zero-order valence-electron chi connectivity index (χ0n) is 1.49. The third-order valence-electron chi connectivity index (χ3n) is 0. The summed E-state index contributed by atoms with van der Waals surface area (Å²) in [4.78, 5) is 0. The van der Waals surface area contributed by atoms with Crippen molar-refractivity contribution in [3.63, 3.8) is 0 Å². The summed E-state index contributed by atoms with van der Waals surface area (Å²) in [7, 11) is 0. The van der Waals surface area contributed by atoms with Gasteiger partial charge in [-0.3, -0.25) is 0 Å². The molecule has 0 fully saturated rings. The monoisotopic (exact) mass is 269 g/mol. The fourth-order valence-corrected chi connectivity index (χ4v) is 0. The Hall–Kier alpha value is 2.48. The molecule has 0 spiro atoms. The molecule has 1 nitrogen and oxygen atoms in total. The Balaban J connectivity index is -0.00000000167. The summed E-state index contributed by atoms with van der Waals surface area (Å²) in [5.41, 5.74) is 0. The summed E-state index contributed by atoms with van der Waals surface area (Å²) in [5, 5.41) is 0. The minimum atomic E-state index is 0. The molecule has 0 atom stereocenters. The van der Waals surface area contributed by atoms with Crippen LogP contribution < -0.4 is 0 Å². The van der Waals surface area contributed by atoms with Crippen LogP contribution in [-0.4, -0.2) is 18.9 Å². The van der Waals surface area contributed by atoms with Gasteiger partial charge in [-0.2, -0.15) is 0 Å². The average molecular weight is 270 g/mol. The summed E-state index contributed by atoms with van der Waals surface area (Å²) in [5.74, 6) is 0. The second kappa shape index (κ2) is 31.7. The van der Waals surface area contributed by atoms with Gasteiger partial charge in [0.25, 0.3) is 0 Å². The molecule has 0 aliphatic heterocycles. The Labute approximate surface area is 87.7 Å². The first kappa shape index (κ1) is 26.0. The quantitative estimate of drug-likeness (QED) is 0.560. The first-order valence-electron chi connectivity index (χ1n) is 0.204. The first-order valence-corrected chi connectivity index (χ1v) is 1.21. The van der Waals surface area contributed by atoms with Gasteiger partial charge in [-0.1, -0.05) is 7.43 Å². The van der Waals surface area contributed by atoms with E-state index in [9.17, 15) is 0 Å². The molecule has 0 aliphatic carbocycles. The van der Waals surface area contributed by atoms with Gasteiger partial charge in [-0.25, -0.2) is 0 Å². The van der Waals surface area contributed by atoms with E-state index < -0.39 is 0 Å². The maximum absolute atomic E-state index is 8.34. The van der Waals surface area contributed by atoms with Gasteiger partial charge >= 0.3 is 46.4 Å². The molecule has 0 N–H and O–H groups in total. The number of hydrogen-bond acceptors (Lipinski definition) is 1. The van der Waals surface area contributed by atoms with E-state index in [1.54, 1.807) is 0 Å². The van der Waals surface area contributed by atoms with Gasteiger partial charge in [-0.05, 0) is 0 Å². The van der Waals surface area contributed by atoms with E-state index in [0.717, 1.165) is 0 Å². The van der Waals surface area contributed by atoms with Crippen molar-refractivity contribution in [3.05, 3.63) is 0 Å². The van der Waals surface area contributed by atoms with Gasteiger partial charge in [0, 0.05) is 35.6 Å². The Bertz CT molecular complexity index is 11.6. The third-order valence-corrected chi connectivity index (χ3v) is 0. The van der Waals surface area contributed by atoms with Crippen molar-refractivity contribution in [2.75, 3.05) is 0 Å². The molecule has 0 unspecified atom stereocenters. The van der Waals surface area contributed by atoms with E-state index >= 15 is 0 Å². The molecule has 0 aromatic carbocycles. The van der Waals surface area contributed by atoms with Crippen molar-refractivity contribution in [2.24, 2.45) is 0 Å². The Morgan fingerprint density at radius 3 is 1.20 bits per heavy atom. The fraction of sp³-hybridized carbons (Fsp3) is 1.00. The molecule has 0 aromatic rings. The van der Waals surface area contributed by atoms with E-state index in [4.69, 9.17) is 2.81 Å². The van der Waals surface area contributed by atoms with Crippen molar-refractivity contribution in [1.82, 2.24) is 0 Å². The van der Waals surface area contributed by atoms with E-state index in [0.29, 0.717) is 24.7 Å². The molecular weight excluding hydrogens is 265 g/mol. The summed E-state index contributed by atoms with van der Waals surface area (Å²) in [6, 6.07) is 0. The van der Waals surface area contributed by atoms with Crippen LogP contribution in [0.25, 0.3) is 0 Å². The molecule has 1 radical (unpaired) electrons. The van der Waals surface area contributed by atoms with Crippen molar-refractivity contribution in [3.8, 4) is 0 Å². The van der Waals surface area contributed by atoms with E-state index in [1.807, 2.05) is 0 Å². The van der Waals surface area contributed by atoms with Gasteiger partial charge in [0.05, 0.1) is 0 Å². The molecule has 0 aromatic heterocycles. The molecule has 0 amide bonds. The topological polar surface area (TPSA) is 17.1 Å². The molecule has 4 heteroatoms. The normalized spacial score (nSPS) is 0.600. The second-order valence-corrected chi connectivity index (χ2v) is 0. The standard InChI is InChI=1S/CH4.La.Li.O.Zr.H/h1H4;;;;;. The minimum absolute atomic E-state index is 0. The Kier molecular flexibility index (Phi) is 164. The zero-order valence-corrected chi connectivity index (χ0v) is 7.57. The van der Waals surface area contributed by atoms with E-state index in [-0.39, 0.29) is 61.9 Å². The molecule has 0 heterocycles. The molecule has 5 heavy (non-hydrogen) atoms. The van der Waals surface area contributed by atoms with Crippen LogP contribution in [0.5, 0.6) is 0 Å². The molecule has 0 bridgehead atoms. The summed E-state index contributed by atoms with van der Waals surface area (Å²) >= 11 is 0.300. The summed E-state index contributed by atoms with van der Waals surface area (Å²) in [6.45, 7) is 0. The predicted molar refractivity (Wildman–Crippen MR) is 14.6 cm³/mol. The van der Waals surface area contributed by atoms with E-state index in [2.05, 4.69) is 0 Å². The van der Waals surface area contributed by atoms with Gasteiger partial charge in [0.1, 0.15) is 0 Å². The summed E-state index contributed by atoms with van der Waals surface area (Å²) in [6.07, 6.45) is 0. The van der Waals surface area contributed by atoms with Gasteiger partial charge in [0.2, 0.25) is 0 Å². The third kappa shape index (κ3) is 21.2.